The lowest BCUT2D eigenvalue weighted by Gasteiger charge is -2.17. The van der Waals surface area contributed by atoms with E-state index >= 15 is 0 Å². The monoisotopic (exact) mass is 242 g/mol. The van der Waals surface area contributed by atoms with E-state index in [9.17, 15) is 9.90 Å². The molecule has 2 rings (SSSR count). The lowest BCUT2D eigenvalue weighted by Crippen LogP contribution is -2.42. The highest BCUT2D eigenvalue weighted by atomic mass is 16.5. The molecule has 4 unspecified atom stereocenters. The fourth-order valence-electron chi connectivity index (χ4n) is 1.79. The van der Waals surface area contributed by atoms with Gasteiger partial charge in [-0.3, -0.25) is 4.57 Å². The molecule has 0 saturated carbocycles. The van der Waals surface area contributed by atoms with Gasteiger partial charge in [0.15, 0.2) is 6.23 Å². The van der Waals surface area contributed by atoms with Gasteiger partial charge in [-0.1, -0.05) is 0 Å². The molecule has 1 aliphatic heterocycles. The molecule has 94 valence electrons. The van der Waals surface area contributed by atoms with Gasteiger partial charge in [0.2, 0.25) is 0 Å². The summed E-state index contributed by atoms with van der Waals surface area (Å²) in [5, 5.41) is 18.6. The normalized spacial score (nSPS) is 32.9. The summed E-state index contributed by atoms with van der Waals surface area (Å²) in [6, 6.07) is 0.617. The smallest absolute Gasteiger partial charge is 0.351 e. The van der Waals surface area contributed by atoms with Gasteiger partial charge < -0.3 is 26.4 Å². The zero-order valence-electron chi connectivity index (χ0n) is 8.93. The topological polar surface area (TPSA) is 137 Å². The summed E-state index contributed by atoms with van der Waals surface area (Å²) in [6.45, 7) is -0.373. The van der Waals surface area contributed by atoms with Gasteiger partial charge in [0.25, 0.3) is 0 Å². The minimum absolute atomic E-state index is 0.0945. The average molecular weight is 242 g/mol. The molecule has 8 nitrogen and oxygen atoms in total. The van der Waals surface area contributed by atoms with E-state index < -0.39 is 30.2 Å². The molecule has 6 N–H and O–H groups in total. The maximum absolute atomic E-state index is 11.6. The van der Waals surface area contributed by atoms with E-state index in [1.807, 2.05) is 0 Å². The molecule has 8 heteroatoms. The maximum atomic E-state index is 11.6. The van der Waals surface area contributed by atoms with Crippen molar-refractivity contribution >= 4 is 5.82 Å². The largest absolute Gasteiger partial charge is 0.394 e. The lowest BCUT2D eigenvalue weighted by molar-refractivity contribution is -0.0464. The molecule has 1 aliphatic rings. The van der Waals surface area contributed by atoms with Crippen LogP contribution in [0.2, 0.25) is 0 Å². The van der Waals surface area contributed by atoms with Gasteiger partial charge in [0.1, 0.15) is 18.0 Å². The third-order valence-corrected chi connectivity index (χ3v) is 2.72. The number of nitrogens with two attached hydrogens (primary N) is 2. The Hall–Kier alpha value is -1.48. The lowest BCUT2D eigenvalue weighted by atomic mass is 10.1. The van der Waals surface area contributed by atoms with Gasteiger partial charge in [-0.2, -0.15) is 4.98 Å². The highest BCUT2D eigenvalue weighted by Crippen LogP contribution is 2.26. The van der Waals surface area contributed by atoms with Gasteiger partial charge in [-0.05, 0) is 6.07 Å². The number of anilines is 1. The van der Waals surface area contributed by atoms with Crippen molar-refractivity contribution in [2.75, 3.05) is 12.3 Å². The van der Waals surface area contributed by atoms with Crippen molar-refractivity contribution in [1.29, 1.82) is 0 Å². The van der Waals surface area contributed by atoms with Crippen LogP contribution < -0.4 is 17.2 Å². The summed E-state index contributed by atoms with van der Waals surface area (Å²) in [7, 11) is 0. The number of rotatable bonds is 2. The number of nitrogen functional groups attached to an aromatic ring is 1. The van der Waals surface area contributed by atoms with E-state index in [2.05, 4.69) is 4.98 Å². The molecule has 4 atom stereocenters. The number of aliphatic hydroxyl groups excluding tert-OH is 2. The minimum Gasteiger partial charge on any atom is -0.394 e. The summed E-state index contributed by atoms with van der Waals surface area (Å²) in [5.74, 6) is 0.0945. The Bertz CT molecular complexity index is 463. The van der Waals surface area contributed by atoms with Gasteiger partial charge in [-0.15, -0.1) is 0 Å². The standard InChI is InChI=1S/C9H14N4O4/c10-5-1-2-13(9(16)12-5)8-6(11)7(15)4(3-14)17-8/h1-2,4,6-8,14-15H,3,11H2,(H2,10,12,16). The number of ether oxygens (including phenoxy) is 1. The van der Waals surface area contributed by atoms with E-state index in [0.717, 1.165) is 4.57 Å². The number of nitrogens with zero attached hydrogens (tertiary/aromatic N) is 2. The first-order valence-electron chi connectivity index (χ1n) is 5.09. The molecule has 0 spiro atoms. The highest BCUT2D eigenvalue weighted by molar-refractivity contribution is 5.23. The van der Waals surface area contributed by atoms with Crippen LogP contribution in [0.15, 0.2) is 17.1 Å². The maximum Gasteiger partial charge on any atom is 0.351 e. The predicted octanol–water partition coefficient (Wildman–Crippen LogP) is -2.60. The van der Waals surface area contributed by atoms with Crippen LogP contribution in [0.4, 0.5) is 5.82 Å². The van der Waals surface area contributed by atoms with Crippen LogP contribution in [0, 0.1) is 0 Å². The molecule has 1 fully saturated rings. The molecular weight excluding hydrogens is 228 g/mol. The first-order chi connectivity index (χ1) is 8.04. The molecule has 17 heavy (non-hydrogen) atoms. The molecule has 0 amide bonds. The number of hydrogen-bond acceptors (Lipinski definition) is 7. The molecule has 2 heterocycles. The Morgan fingerprint density at radius 2 is 2.29 bits per heavy atom. The second-order valence-electron chi connectivity index (χ2n) is 3.86. The first-order valence-corrected chi connectivity index (χ1v) is 5.09. The van der Waals surface area contributed by atoms with Crippen molar-refractivity contribution < 1.29 is 14.9 Å². The van der Waals surface area contributed by atoms with E-state index in [1.165, 1.54) is 12.3 Å². The molecule has 0 aromatic carbocycles. The van der Waals surface area contributed by atoms with Crippen LogP contribution >= 0.6 is 0 Å². The second kappa shape index (κ2) is 4.41. The van der Waals surface area contributed by atoms with E-state index in [-0.39, 0.29) is 12.4 Å². The molecule has 1 aromatic rings. The summed E-state index contributed by atoms with van der Waals surface area (Å²) in [4.78, 5) is 15.1. The Kier molecular flexibility index (Phi) is 3.11. The van der Waals surface area contributed by atoms with Crippen LogP contribution in [0.5, 0.6) is 0 Å². The fourth-order valence-corrected chi connectivity index (χ4v) is 1.79. The van der Waals surface area contributed by atoms with Crippen molar-refractivity contribution in [2.24, 2.45) is 5.73 Å². The third-order valence-electron chi connectivity index (χ3n) is 2.72. The predicted molar refractivity (Wildman–Crippen MR) is 57.9 cm³/mol. The zero-order valence-corrected chi connectivity index (χ0v) is 8.93. The number of aromatic nitrogens is 2. The Morgan fingerprint density at radius 1 is 1.59 bits per heavy atom. The van der Waals surface area contributed by atoms with Crippen LogP contribution in [-0.4, -0.2) is 44.6 Å². The average Bonchev–Trinajstić information content (AvgIpc) is 2.57. The van der Waals surface area contributed by atoms with E-state index in [4.69, 9.17) is 21.3 Å². The molecule has 1 aromatic heterocycles. The Morgan fingerprint density at radius 3 is 2.82 bits per heavy atom. The molecule has 0 radical (unpaired) electrons. The van der Waals surface area contributed by atoms with Crippen LogP contribution in [0.3, 0.4) is 0 Å². The highest BCUT2D eigenvalue weighted by Gasteiger charge is 2.42. The van der Waals surface area contributed by atoms with Crippen LogP contribution in [0.25, 0.3) is 0 Å². The van der Waals surface area contributed by atoms with Crippen LogP contribution in [-0.2, 0) is 4.74 Å². The van der Waals surface area contributed by atoms with Crippen molar-refractivity contribution in [1.82, 2.24) is 9.55 Å². The Balaban J connectivity index is 2.32. The summed E-state index contributed by atoms with van der Waals surface area (Å²) in [5.41, 5.74) is 10.5. The summed E-state index contributed by atoms with van der Waals surface area (Å²) >= 11 is 0. The van der Waals surface area contributed by atoms with Gasteiger partial charge in [-0.25, -0.2) is 4.79 Å². The van der Waals surface area contributed by atoms with Crippen molar-refractivity contribution in [3.63, 3.8) is 0 Å². The van der Waals surface area contributed by atoms with Gasteiger partial charge in [0, 0.05) is 6.20 Å². The molecular formula is C9H14N4O4. The van der Waals surface area contributed by atoms with E-state index in [1.54, 1.807) is 0 Å². The van der Waals surface area contributed by atoms with Gasteiger partial charge in [0.05, 0.1) is 12.6 Å². The van der Waals surface area contributed by atoms with Crippen molar-refractivity contribution in [3.05, 3.63) is 22.7 Å². The molecule has 0 bridgehead atoms. The molecule has 0 aliphatic carbocycles. The first kappa shape index (κ1) is 12.0. The third kappa shape index (κ3) is 2.03. The number of hydrogen-bond donors (Lipinski definition) is 4. The number of aliphatic hydroxyl groups is 2. The van der Waals surface area contributed by atoms with Crippen molar-refractivity contribution in [3.8, 4) is 0 Å². The SMILES string of the molecule is Nc1ccn(C2OC(CO)C(O)C2N)c(=O)n1. The Labute approximate surface area is 96.4 Å². The fraction of sp³-hybridized carbons (Fsp3) is 0.556. The second-order valence-corrected chi connectivity index (χ2v) is 3.86. The van der Waals surface area contributed by atoms with Crippen LogP contribution in [0.1, 0.15) is 6.23 Å². The van der Waals surface area contributed by atoms with E-state index in [0.29, 0.717) is 0 Å². The summed E-state index contributed by atoms with van der Waals surface area (Å²) in [6.07, 6.45) is -1.31. The van der Waals surface area contributed by atoms with Crippen molar-refractivity contribution in [2.45, 2.75) is 24.5 Å². The minimum atomic E-state index is -1.03. The zero-order chi connectivity index (χ0) is 12.6. The molecule has 1 saturated heterocycles. The summed E-state index contributed by atoms with van der Waals surface area (Å²) < 4.78 is 6.44. The quantitative estimate of drug-likeness (QED) is 0.446. The van der Waals surface area contributed by atoms with Gasteiger partial charge >= 0.3 is 5.69 Å².